The Labute approximate surface area is 124 Å². The highest BCUT2D eigenvalue weighted by molar-refractivity contribution is 6.30. The van der Waals surface area contributed by atoms with E-state index in [0.717, 1.165) is 12.1 Å². The molecule has 1 unspecified atom stereocenters. The summed E-state index contributed by atoms with van der Waals surface area (Å²) in [5.74, 6) is -0.383. The SMILES string of the molecule is CCNC(c1cc(C)cc(C)c1)c1ccc(F)c(Cl)c1. The predicted octanol–water partition coefficient (Wildman–Crippen LogP) is 4.79. The van der Waals surface area contributed by atoms with E-state index in [1.165, 1.54) is 22.8 Å². The fourth-order valence-corrected chi connectivity index (χ4v) is 2.69. The van der Waals surface area contributed by atoms with Gasteiger partial charge in [-0.2, -0.15) is 0 Å². The molecule has 2 aromatic carbocycles. The smallest absolute Gasteiger partial charge is 0.141 e. The van der Waals surface area contributed by atoms with Crippen LogP contribution in [0.2, 0.25) is 5.02 Å². The lowest BCUT2D eigenvalue weighted by Crippen LogP contribution is -2.22. The molecule has 3 heteroatoms. The molecule has 0 fully saturated rings. The summed E-state index contributed by atoms with van der Waals surface area (Å²) in [5.41, 5.74) is 4.59. The van der Waals surface area contributed by atoms with E-state index in [-0.39, 0.29) is 16.9 Å². The van der Waals surface area contributed by atoms with Crippen molar-refractivity contribution in [2.24, 2.45) is 0 Å². The predicted molar refractivity (Wildman–Crippen MR) is 82.8 cm³/mol. The number of aryl methyl sites for hydroxylation is 2. The number of hydrogen-bond donors (Lipinski definition) is 1. The molecule has 0 saturated heterocycles. The largest absolute Gasteiger partial charge is 0.307 e. The molecule has 0 bridgehead atoms. The minimum Gasteiger partial charge on any atom is -0.307 e. The lowest BCUT2D eigenvalue weighted by atomic mass is 9.95. The van der Waals surface area contributed by atoms with Gasteiger partial charge in [0.15, 0.2) is 0 Å². The molecule has 1 N–H and O–H groups in total. The first-order chi connectivity index (χ1) is 9.51. The van der Waals surface area contributed by atoms with Gasteiger partial charge in [-0.05, 0) is 43.7 Å². The lowest BCUT2D eigenvalue weighted by Gasteiger charge is -2.20. The minimum atomic E-state index is -0.383. The Morgan fingerprint density at radius 2 is 1.70 bits per heavy atom. The van der Waals surface area contributed by atoms with Gasteiger partial charge in [-0.25, -0.2) is 4.39 Å². The van der Waals surface area contributed by atoms with Crippen molar-refractivity contribution in [1.29, 1.82) is 0 Å². The number of halogens is 2. The molecule has 1 atom stereocenters. The standard InChI is InChI=1S/C17H19ClFN/c1-4-20-17(13-5-6-16(19)15(18)10-13)14-8-11(2)7-12(3)9-14/h5-10,17,20H,4H2,1-3H3. The summed E-state index contributed by atoms with van der Waals surface area (Å²) in [7, 11) is 0. The first-order valence-electron chi connectivity index (χ1n) is 6.77. The summed E-state index contributed by atoms with van der Waals surface area (Å²) in [6.07, 6.45) is 0. The van der Waals surface area contributed by atoms with E-state index in [2.05, 4.69) is 44.3 Å². The van der Waals surface area contributed by atoms with Crippen LogP contribution in [-0.2, 0) is 0 Å². The Balaban J connectivity index is 2.46. The summed E-state index contributed by atoms with van der Waals surface area (Å²) in [6, 6.07) is 11.4. The maximum atomic E-state index is 13.3. The zero-order valence-electron chi connectivity index (χ0n) is 12.0. The Hall–Kier alpha value is -1.38. The van der Waals surface area contributed by atoms with Gasteiger partial charge in [0.05, 0.1) is 11.1 Å². The maximum Gasteiger partial charge on any atom is 0.141 e. The van der Waals surface area contributed by atoms with Crippen LogP contribution in [0.4, 0.5) is 4.39 Å². The zero-order valence-corrected chi connectivity index (χ0v) is 12.8. The third-order valence-electron chi connectivity index (χ3n) is 3.26. The van der Waals surface area contributed by atoms with Gasteiger partial charge < -0.3 is 5.32 Å². The Bertz CT molecular complexity index is 590. The number of hydrogen-bond acceptors (Lipinski definition) is 1. The molecule has 0 heterocycles. The van der Waals surface area contributed by atoms with Gasteiger partial charge in [0.1, 0.15) is 5.82 Å². The molecular formula is C17H19ClFN. The fraction of sp³-hybridized carbons (Fsp3) is 0.294. The molecule has 0 aliphatic heterocycles. The molecule has 2 rings (SSSR count). The third kappa shape index (κ3) is 3.38. The Morgan fingerprint density at radius 3 is 2.25 bits per heavy atom. The van der Waals surface area contributed by atoms with Crippen molar-refractivity contribution in [2.75, 3.05) is 6.54 Å². The maximum absolute atomic E-state index is 13.3. The number of benzene rings is 2. The third-order valence-corrected chi connectivity index (χ3v) is 3.55. The molecule has 0 aromatic heterocycles. The molecule has 20 heavy (non-hydrogen) atoms. The lowest BCUT2D eigenvalue weighted by molar-refractivity contribution is 0.613. The van der Waals surface area contributed by atoms with Crippen molar-refractivity contribution in [1.82, 2.24) is 5.32 Å². The molecule has 106 valence electrons. The van der Waals surface area contributed by atoms with Crippen molar-refractivity contribution in [3.8, 4) is 0 Å². The summed E-state index contributed by atoms with van der Waals surface area (Å²) < 4.78 is 13.3. The van der Waals surface area contributed by atoms with Crippen molar-refractivity contribution in [3.63, 3.8) is 0 Å². The van der Waals surface area contributed by atoms with Crippen molar-refractivity contribution in [2.45, 2.75) is 26.8 Å². The van der Waals surface area contributed by atoms with Crippen LogP contribution in [0.1, 0.15) is 35.2 Å². The highest BCUT2D eigenvalue weighted by atomic mass is 35.5. The number of rotatable bonds is 4. The number of nitrogens with one attached hydrogen (secondary N) is 1. The van der Waals surface area contributed by atoms with Gasteiger partial charge in [0.2, 0.25) is 0 Å². The highest BCUT2D eigenvalue weighted by Gasteiger charge is 2.15. The van der Waals surface area contributed by atoms with Crippen LogP contribution in [0, 0.1) is 19.7 Å². The van der Waals surface area contributed by atoms with Gasteiger partial charge in [-0.1, -0.05) is 53.9 Å². The first-order valence-corrected chi connectivity index (χ1v) is 7.15. The Morgan fingerprint density at radius 1 is 1.05 bits per heavy atom. The summed E-state index contributed by atoms with van der Waals surface area (Å²) >= 11 is 5.91. The molecule has 0 spiro atoms. The average molecular weight is 292 g/mol. The normalized spacial score (nSPS) is 12.4. The Kier molecular flexibility index (Phi) is 4.79. The second-order valence-corrected chi connectivity index (χ2v) is 5.49. The molecule has 0 radical (unpaired) electrons. The second kappa shape index (κ2) is 6.38. The first kappa shape index (κ1) is 15.0. The van der Waals surface area contributed by atoms with Crippen molar-refractivity contribution >= 4 is 11.6 Å². The molecule has 0 saturated carbocycles. The molecule has 2 aromatic rings. The van der Waals surface area contributed by atoms with Crippen molar-refractivity contribution in [3.05, 3.63) is 69.5 Å². The van der Waals surface area contributed by atoms with Crippen LogP contribution in [0.5, 0.6) is 0 Å². The quantitative estimate of drug-likeness (QED) is 0.853. The molecule has 1 nitrogen and oxygen atoms in total. The zero-order chi connectivity index (χ0) is 14.7. The van der Waals surface area contributed by atoms with E-state index in [0.29, 0.717) is 0 Å². The average Bonchev–Trinajstić information content (AvgIpc) is 2.38. The van der Waals surface area contributed by atoms with E-state index >= 15 is 0 Å². The van der Waals surface area contributed by atoms with E-state index in [4.69, 9.17) is 11.6 Å². The highest BCUT2D eigenvalue weighted by Crippen LogP contribution is 2.27. The second-order valence-electron chi connectivity index (χ2n) is 5.09. The molecule has 0 aliphatic rings. The molecular weight excluding hydrogens is 273 g/mol. The van der Waals surface area contributed by atoms with Gasteiger partial charge in [-0.15, -0.1) is 0 Å². The van der Waals surface area contributed by atoms with Crippen LogP contribution >= 0.6 is 11.6 Å². The van der Waals surface area contributed by atoms with E-state index in [9.17, 15) is 4.39 Å². The van der Waals surface area contributed by atoms with Crippen molar-refractivity contribution < 1.29 is 4.39 Å². The minimum absolute atomic E-state index is 0.0247. The molecule has 0 aliphatic carbocycles. The van der Waals surface area contributed by atoms with Gasteiger partial charge >= 0.3 is 0 Å². The fourth-order valence-electron chi connectivity index (χ4n) is 2.50. The van der Waals surface area contributed by atoms with Gasteiger partial charge in [-0.3, -0.25) is 0 Å². The summed E-state index contributed by atoms with van der Waals surface area (Å²) in [4.78, 5) is 0. The van der Waals surface area contributed by atoms with Crippen LogP contribution in [0.3, 0.4) is 0 Å². The van der Waals surface area contributed by atoms with Crippen LogP contribution in [-0.4, -0.2) is 6.54 Å². The van der Waals surface area contributed by atoms with Crippen LogP contribution < -0.4 is 5.32 Å². The van der Waals surface area contributed by atoms with Gasteiger partial charge in [0.25, 0.3) is 0 Å². The van der Waals surface area contributed by atoms with Crippen LogP contribution in [0.25, 0.3) is 0 Å². The van der Waals surface area contributed by atoms with E-state index in [1.807, 2.05) is 0 Å². The summed E-state index contributed by atoms with van der Waals surface area (Å²) in [6.45, 7) is 7.04. The van der Waals surface area contributed by atoms with E-state index in [1.54, 1.807) is 12.1 Å². The van der Waals surface area contributed by atoms with Gasteiger partial charge in [0, 0.05) is 0 Å². The van der Waals surface area contributed by atoms with E-state index < -0.39 is 0 Å². The van der Waals surface area contributed by atoms with Crippen LogP contribution in [0.15, 0.2) is 36.4 Å². The summed E-state index contributed by atoms with van der Waals surface area (Å²) in [5, 5.41) is 3.60. The molecule has 0 amide bonds. The topological polar surface area (TPSA) is 12.0 Å². The monoisotopic (exact) mass is 291 g/mol.